The molecule has 2 nitrogen and oxygen atoms in total. The van der Waals surface area contributed by atoms with E-state index in [1.807, 2.05) is 0 Å². The van der Waals surface area contributed by atoms with Gasteiger partial charge in [-0.25, -0.2) is 5.84 Å². The molecular weight excluding hydrogens is 71.0 g/mol. The van der Waals surface area contributed by atoms with Crippen molar-refractivity contribution in [3.8, 4) is 0 Å². The standard InChI is InChI=1S/C2H7FN2/c1-2-5(3)4/h2,4H2,1H3. The summed E-state index contributed by atoms with van der Waals surface area (Å²) < 4.78 is 11.0. The minimum Gasteiger partial charge on any atom is -0.241 e. The van der Waals surface area contributed by atoms with Crippen LogP contribution in [0.5, 0.6) is 0 Å². The minimum absolute atomic E-state index is 0.125. The summed E-state index contributed by atoms with van der Waals surface area (Å²) in [5.74, 6) is 4.46. The van der Waals surface area contributed by atoms with Crippen molar-refractivity contribution < 1.29 is 4.48 Å². The number of hydrogen-bond donors (Lipinski definition) is 1. The fourth-order valence-electron chi connectivity index (χ4n) is 0. The lowest BCUT2D eigenvalue weighted by molar-refractivity contribution is 0.0317. The normalized spacial score (nSPS) is 9.60. The molecule has 0 aliphatic heterocycles. The first-order valence-electron chi connectivity index (χ1n) is 1.45. The predicted octanol–water partition coefficient (Wildman–Crippen LogP) is 0.0665. The molecule has 0 aliphatic rings. The van der Waals surface area contributed by atoms with Gasteiger partial charge in [-0.2, -0.15) is 0 Å². The molecule has 0 fully saturated rings. The van der Waals surface area contributed by atoms with Crippen molar-refractivity contribution in [2.75, 3.05) is 6.54 Å². The Kier molecular flexibility index (Phi) is 2.05. The largest absolute Gasteiger partial charge is 0.241 e. The van der Waals surface area contributed by atoms with Crippen molar-refractivity contribution in [3.63, 3.8) is 0 Å². The van der Waals surface area contributed by atoms with Crippen molar-refractivity contribution in [1.29, 1.82) is 0 Å². The van der Waals surface area contributed by atoms with Gasteiger partial charge in [0.05, 0.1) is 0 Å². The molecule has 0 rings (SSSR count). The Balaban J connectivity index is 2.54. The van der Waals surface area contributed by atoms with E-state index in [0.717, 1.165) is 0 Å². The topological polar surface area (TPSA) is 29.3 Å². The highest BCUT2D eigenvalue weighted by Gasteiger charge is 1.78. The maximum atomic E-state index is 11.0. The maximum absolute atomic E-state index is 11.0. The van der Waals surface area contributed by atoms with Gasteiger partial charge in [-0.1, -0.05) is 5.23 Å². The van der Waals surface area contributed by atoms with Gasteiger partial charge in [0, 0.05) is 6.54 Å². The van der Waals surface area contributed by atoms with Gasteiger partial charge < -0.3 is 0 Å². The molecule has 0 radical (unpaired) electrons. The van der Waals surface area contributed by atoms with Crippen LogP contribution in [0.1, 0.15) is 6.92 Å². The van der Waals surface area contributed by atoms with Crippen LogP contribution < -0.4 is 5.84 Å². The average Bonchev–Trinajstić information content (AvgIpc) is 1.38. The molecular formula is C2H7FN2. The Morgan fingerprint density at radius 3 is 2.20 bits per heavy atom. The number of rotatable bonds is 1. The van der Waals surface area contributed by atoms with Crippen molar-refractivity contribution in [2.45, 2.75) is 6.92 Å². The fourth-order valence-corrected chi connectivity index (χ4v) is 0. The van der Waals surface area contributed by atoms with E-state index in [2.05, 4.69) is 5.84 Å². The smallest absolute Gasteiger partial charge is 0.0421 e. The highest BCUT2D eigenvalue weighted by Crippen LogP contribution is 1.67. The molecule has 5 heavy (non-hydrogen) atoms. The Labute approximate surface area is 30.3 Å². The van der Waals surface area contributed by atoms with E-state index in [0.29, 0.717) is 0 Å². The van der Waals surface area contributed by atoms with Gasteiger partial charge in [0.15, 0.2) is 0 Å². The molecule has 0 heterocycles. The number of nitrogens with zero attached hydrogens (tertiary/aromatic N) is 1. The molecule has 0 aromatic rings. The maximum Gasteiger partial charge on any atom is 0.0421 e. The van der Waals surface area contributed by atoms with Crippen molar-refractivity contribution in [2.24, 2.45) is 5.84 Å². The van der Waals surface area contributed by atoms with E-state index < -0.39 is 0 Å². The zero-order chi connectivity index (χ0) is 4.28. The van der Waals surface area contributed by atoms with E-state index in [9.17, 15) is 4.48 Å². The Morgan fingerprint density at radius 1 is 2.00 bits per heavy atom. The predicted molar refractivity (Wildman–Crippen MR) is 17.7 cm³/mol. The molecule has 0 aliphatic carbocycles. The molecule has 32 valence electrons. The molecule has 2 N–H and O–H groups in total. The second-order valence-electron chi connectivity index (χ2n) is 0.716. The van der Waals surface area contributed by atoms with Gasteiger partial charge in [-0.05, 0) is 6.92 Å². The van der Waals surface area contributed by atoms with Gasteiger partial charge in [-0.15, -0.1) is 4.48 Å². The first-order chi connectivity index (χ1) is 2.27. The first-order valence-corrected chi connectivity index (χ1v) is 1.45. The lowest BCUT2D eigenvalue weighted by Crippen LogP contribution is -2.19. The molecule has 0 unspecified atom stereocenters. The van der Waals surface area contributed by atoms with Gasteiger partial charge in [-0.3, -0.25) is 0 Å². The van der Waals surface area contributed by atoms with Crippen LogP contribution in [0.2, 0.25) is 0 Å². The molecule has 0 aromatic heterocycles. The monoisotopic (exact) mass is 78.1 g/mol. The Hall–Kier alpha value is -0.150. The van der Waals surface area contributed by atoms with Crippen molar-refractivity contribution in [3.05, 3.63) is 0 Å². The quantitative estimate of drug-likeness (QED) is 0.273. The average molecular weight is 78.1 g/mol. The van der Waals surface area contributed by atoms with Gasteiger partial charge in [0.2, 0.25) is 0 Å². The summed E-state index contributed by atoms with van der Waals surface area (Å²) in [4.78, 5) is 0. The Bertz CT molecular complexity index is 21.6. The highest BCUT2D eigenvalue weighted by atomic mass is 19.2. The van der Waals surface area contributed by atoms with Crippen LogP contribution >= 0.6 is 0 Å². The van der Waals surface area contributed by atoms with Crippen LogP contribution in [0.15, 0.2) is 0 Å². The second-order valence-corrected chi connectivity index (χ2v) is 0.716. The molecule has 0 bridgehead atoms. The van der Waals surface area contributed by atoms with E-state index in [-0.39, 0.29) is 11.8 Å². The third-order valence-electron chi connectivity index (χ3n) is 0.302. The summed E-state index contributed by atoms with van der Waals surface area (Å²) >= 11 is 0. The number of hydrazine groups is 1. The van der Waals surface area contributed by atoms with Crippen LogP contribution in [0.3, 0.4) is 0 Å². The first kappa shape index (κ1) is 4.85. The lowest BCUT2D eigenvalue weighted by Gasteiger charge is -1.93. The fraction of sp³-hybridized carbons (Fsp3) is 1.00. The zero-order valence-electron chi connectivity index (χ0n) is 3.11. The van der Waals surface area contributed by atoms with Crippen LogP contribution in [-0.4, -0.2) is 11.8 Å². The molecule has 0 spiro atoms. The molecule has 0 aromatic carbocycles. The van der Waals surface area contributed by atoms with Gasteiger partial charge in [0.1, 0.15) is 0 Å². The van der Waals surface area contributed by atoms with Crippen LogP contribution in [0, 0.1) is 0 Å². The van der Waals surface area contributed by atoms with Crippen LogP contribution in [-0.2, 0) is 0 Å². The zero-order valence-corrected chi connectivity index (χ0v) is 3.11. The van der Waals surface area contributed by atoms with Crippen LogP contribution in [0.25, 0.3) is 0 Å². The highest BCUT2D eigenvalue weighted by molar-refractivity contribution is 4.10. The van der Waals surface area contributed by atoms with Gasteiger partial charge >= 0.3 is 0 Å². The Morgan fingerprint density at radius 2 is 2.20 bits per heavy atom. The molecule has 0 amide bonds. The van der Waals surface area contributed by atoms with Crippen LogP contribution in [0.4, 0.5) is 4.48 Å². The van der Waals surface area contributed by atoms with E-state index in [1.54, 1.807) is 6.92 Å². The molecule has 0 saturated heterocycles. The third-order valence-corrected chi connectivity index (χ3v) is 0.302. The second kappa shape index (κ2) is 2.11. The molecule has 0 saturated carbocycles. The summed E-state index contributed by atoms with van der Waals surface area (Å²) in [6.07, 6.45) is 0. The number of nitrogens with two attached hydrogens (primary N) is 1. The molecule has 3 heteroatoms. The summed E-state index contributed by atoms with van der Waals surface area (Å²) in [7, 11) is 0. The van der Waals surface area contributed by atoms with Gasteiger partial charge in [0.25, 0.3) is 0 Å². The summed E-state index contributed by atoms with van der Waals surface area (Å²) in [5.41, 5.74) is 0. The van der Waals surface area contributed by atoms with Crippen molar-refractivity contribution in [1.82, 2.24) is 5.23 Å². The number of halogens is 1. The molecule has 0 atom stereocenters. The van der Waals surface area contributed by atoms with E-state index in [1.165, 1.54) is 0 Å². The minimum atomic E-state index is 0.125. The summed E-state index contributed by atoms with van der Waals surface area (Å²) in [6, 6.07) is 0. The lowest BCUT2D eigenvalue weighted by atomic mass is 10.8. The summed E-state index contributed by atoms with van der Waals surface area (Å²) in [5, 5.41) is 0.125. The number of hydrogen-bond acceptors (Lipinski definition) is 2. The third kappa shape index (κ3) is 3.85. The summed E-state index contributed by atoms with van der Waals surface area (Å²) in [6.45, 7) is 1.88. The SMILES string of the molecule is CCN(N)F. The van der Waals surface area contributed by atoms with E-state index >= 15 is 0 Å². The van der Waals surface area contributed by atoms with Crippen molar-refractivity contribution >= 4 is 0 Å². The van der Waals surface area contributed by atoms with E-state index in [4.69, 9.17) is 0 Å².